The van der Waals surface area contributed by atoms with Gasteiger partial charge in [-0.15, -0.1) is 22.0 Å². The molecule has 1 aromatic heterocycles. The van der Waals surface area contributed by atoms with Gasteiger partial charge in [-0.2, -0.15) is 0 Å². The number of hydrogen-bond acceptors (Lipinski definition) is 7. The second-order valence-corrected chi connectivity index (χ2v) is 8.02. The first-order chi connectivity index (χ1) is 14.5. The zero-order chi connectivity index (χ0) is 21.3. The summed E-state index contributed by atoms with van der Waals surface area (Å²) < 4.78 is 18.3. The number of amides is 2. The van der Waals surface area contributed by atoms with Crippen LogP contribution in [0, 0.1) is 5.82 Å². The number of hydrogen-bond donors (Lipinski definition) is 2. The van der Waals surface area contributed by atoms with Gasteiger partial charge in [-0.1, -0.05) is 23.5 Å². The Morgan fingerprint density at radius 1 is 1.10 bits per heavy atom. The van der Waals surface area contributed by atoms with E-state index in [1.165, 1.54) is 24.3 Å². The summed E-state index contributed by atoms with van der Waals surface area (Å²) in [6.45, 7) is 0.361. The molecule has 3 rings (SSSR count). The van der Waals surface area contributed by atoms with Crippen molar-refractivity contribution in [1.82, 2.24) is 15.5 Å². The van der Waals surface area contributed by atoms with E-state index in [0.29, 0.717) is 17.2 Å². The normalized spacial score (nSPS) is 10.6. The van der Waals surface area contributed by atoms with Gasteiger partial charge in [0.1, 0.15) is 24.0 Å². The molecule has 1 heterocycles. The highest BCUT2D eigenvalue weighted by Crippen LogP contribution is 2.15. The first-order valence-electron chi connectivity index (χ1n) is 8.90. The van der Waals surface area contributed by atoms with Gasteiger partial charge in [-0.05, 0) is 48.2 Å². The smallest absolute Gasteiger partial charge is 0.286 e. The minimum atomic E-state index is -0.449. The molecule has 0 aliphatic heterocycles. The zero-order valence-electron chi connectivity index (χ0n) is 16.1. The first-order valence-corrected chi connectivity index (χ1v) is 10.9. The molecular formula is C20H19FN4O3S2. The Labute approximate surface area is 181 Å². The van der Waals surface area contributed by atoms with E-state index in [1.807, 2.05) is 30.5 Å². The standard InChI is InChI=1S/C20H19FN4O3S2/c1-29-16-8-2-13(3-9-16)10-22-17(26)11-28-12-18-24-25-20(30-18)19(27)23-15-6-4-14(21)5-7-15/h2-9H,10-12H2,1H3,(H,22,26)(H,23,27). The molecule has 0 bridgehead atoms. The van der Waals surface area contributed by atoms with Crippen molar-refractivity contribution in [3.63, 3.8) is 0 Å². The maximum Gasteiger partial charge on any atom is 0.286 e. The van der Waals surface area contributed by atoms with Crippen molar-refractivity contribution < 1.29 is 18.7 Å². The summed E-state index contributed by atoms with van der Waals surface area (Å²) in [6, 6.07) is 13.3. The van der Waals surface area contributed by atoms with E-state index in [-0.39, 0.29) is 29.9 Å². The molecule has 10 heteroatoms. The number of carbonyl (C=O) groups excluding carboxylic acids is 2. The molecule has 0 atom stereocenters. The molecule has 0 unspecified atom stereocenters. The van der Waals surface area contributed by atoms with Gasteiger partial charge in [0.15, 0.2) is 0 Å². The molecule has 156 valence electrons. The predicted octanol–water partition coefficient (Wildman–Crippen LogP) is 3.48. The molecular weight excluding hydrogens is 427 g/mol. The zero-order valence-corrected chi connectivity index (χ0v) is 17.7. The number of halogens is 1. The van der Waals surface area contributed by atoms with Gasteiger partial charge in [0, 0.05) is 17.1 Å². The number of nitrogens with zero attached hydrogens (tertiary/aromatic N) is 2. The molecule has 0 aliphatic rings. The van der Waals surface area contributed by atoms with E-state index in [2.05, 4.69) is 20.8 Å². The van der Waals surface area contributed by atoms with Crippen molar-refractivity contribution in [1.29, 1.82) is 0 Å². The van der Waals surface area contributed by atoms with E-state index in [4.69, 9.17) is 4.74 Å². The van der Waals surface area contributed by atoms with E-state index in [1.54, 1.807) is 11.8 Å². The molecule has 2 N–H and O–H groups in total. The van der Waals surface area contributed by atoms with Crippen molar-refractivity contribution in [2.45, 2.75) is 18.0 Å². The molecule has 2 amide bonds. The Hall–Kier alpha value is -2.82. The molecule has 7 nitrogen and oxygen atoms in total. The number of carbonyl (C=O) groups is 2. The molecule has 0 saturated carbocycles. The monoisotopic (exact) mass is 446 g/mol. The fourth-order valence-corrected chi connectivity index (χ4v) is 3.43. The maximum absolute atomic E-state index is 12.9. The Balaban J connectivity index is 1.39. The van der Waals surface area contributed by atoms with Crippen LogP contribution in [0.15, 0.2) is 53.4 Å². The van der Waals surface area contributed by atoms with Crippen LogP contribution in [-0.2, 0) is 22.7 Å². The first kappa shape index (κ1) is 21.9. The fourth-order valence-electron chi connectivity index (χ4n) is 2.35. The Bertz CT molecular complexity index is 994. The van der Waals surface area contributed by atoms with Gasteiger partial charge in [0.2, 0.25) is 10.9 Å². The summed E-state index contributed by atoms with van der Waals surface area (Å²) in [4.78, 5) is 25.2. The highest BCUT2D eigenvalue weighted by molar-refractivity contribution is 7.98. The fraction of sp³-hybridized carbons (Fsp3) is 0.200. The van der Waals surface area contributed by atoms with Gasteiger partial charge in [0.25, 0.3) is 5.91 Å². The van der Waals surface area contributed by atoms with Crippen LogP contribution in [-0.4, -0.2) is 34.9 Å². The van der Waals surface area contributed by atoms with Crippen LogP contribution >= 0.6 is 23.1 Å². The van der Waals surface area contributed by atoms with E-state index >= 15 is 0 Å². The van der Waals surface area contributed by atoms with Crippen molar-refractivity contribution in [3.05, 3.63) is 69.9 Å². The van der Waals surface area contributed by atoms with Crippen LogP contribution in [0.1, 0.15) is 20.4 Å². The largest absolute Gasteiger partial charge is 0.364 e. The van der Waals surface area contributed by atoms with Crippen molar-refractivity contribution in [3.8, 4) is 0 Å². The summed E-state index contributed by atoms with van der Waals surface area (Å²) >= 11 is 2.72. The van der Waals surface area contributed by atoms with Gasteiger partial charge < -0.3 is 15.4 Å². The highest BCUT2D eigenvalue weighted by Gasteiger charge is 2.13. The number of thioether (sulfide) groups is 1. The molecule has 0 spiro atoms. The number of rotatable bonds is 9. The van der Waals surface area contributed by atoms with E-state index in [9.17, 15) is 14.0 Å². The van der Waals surface area contributed by atoms with Crippen LogP contribution in [0.25, 0.3) is 0 Å². The van der Waals surface area contributed by atoms with Crippen LogP contribution in [0.5, 0.6) is 0 Å². The average molecular weight is 447 g/mol. The van der Waals surface area contributed by atoms with Crippen LogP contribution in [0.2, 0.25) is 0 Å². The maximum atomic E-state index is 12.9. The third-order valence-corrected chi connectivity index (χ3v) is 5.51. The molecule has 0 fully saturated rings. The highest BCUT2D eigenvalue weighted by atomic mass is 32.2. The quantitative estimate of drug-likeness (QED) is 0.489. The van der Waals surface area contributed by atoms with Crippen molar-refractivity contribution in [2.24, 2.45) is 0 Å². The Kier molecular flexibility index (Phi) is 7.89. The molecule has 0 radical (unpaired) electrons. The second-order valence-electron chi connectivity index (χ2n) is 6.08. The van der Waals surface area contributed by atoms with E-state index in [0.717, 1.165) is 21.8 Å². The lowest BCUT2D eigenvalue weighted by atomic mass is 10.2. The van der Waals surface area contributed by atoms with Crippen molar-refractivity contribution in [2.75, 3.05) is 18.2 Å². The third kappa shape index (κ3) is 6.61. The topological polar surface area (TPSA) is 93.2 Å². The minimum Gasteiger partial charge on any atom is -0.364 e. The Morgan fingerprint density at radius 3 is 2.53 bits per heavy atom. The minimum absolute atomic E-state index is 0.0668. The lowest BCUT2D eigenvalue weighted by Gasteiger charge is -2.06. The lowest BCUT2D eigenvalue weighted by Crippen LogP contribution is -2.27. The van der Waals surface area contributed by atoms with Crippen LogP contribution < -0.4 is 10.6 Å². The summed E-state index contributed by atoms with van der Waals surface area (Å²) in [5.41, 5.74) is 1.45. The summed E-state index contributed by atoms with van der Waals surface area (Å²) in [7, 11) is 0. The summed E-state index contributed by atoms with van der Waals surface area (Å²) in [5, 5.41) is 13.7. The molecule has 0 saturated heterocycles. The molecule has 30 heavy (non-hydrogen) atoms. The Morgan fingerprint density at radius 2 is 1.83 bits per heavy atom. The van der Waals surface area contributed by atoms with Crippen molar-refractivity contribution >= 4 is 40.6 Å². The third-order valence-electron chi connectivity index (χ3n) is 3.87. The summed E-state index contributed by atoms with van der Waals surface area (Å²) in [6.07, 6.45) is 2.01. The second kappa shape index (κ2) is 10.8. The molecule has 0 aliphatic carbocycles. The lowest BCUT2D eigenvalue weighted by molar-refractivity contribution is -0.126. The summed E-state index contributed by atoms with van der Waals surface area (Å²) in [5.74, 6) is -1.08. The SMILES string of the molecule is CSc1ccc(CNC(=O)COCc2nnc(C(=O)Nc3ccc(F)cc3)s2)cc1. The van der Waals surface area contributed by atoms with Crippen LogP contribution in [0.4, 0.5) is 10.1 Å². The molecule has 3 aromatic rings. The average Bonchev–Trinajstić information content (AvgIpc) is 3.23. The van der Waals surface area contributed by atoms with E-state index < -0.39 is 5.91 Å². The van der Waals surface area contributed by atoms with Crippen LogP contribution in [0.3, 0.4) is 0 Å². The van der Waals surface area contributed by atoms with Gasteiger partial charge in [-0.3, -0.25) is 9.59 Å². The number of ether oxygens (including phenoxy) is 1. The predicted molar refractivity (Wildman–Crippen MR) is 114 cm³/mol. The number of aromatic nitrogens is 2. The number of benzene rings is 2. The van der Waals surface area contributed by atoms with Gasteiger partial charge in [-0.25, -0.2) is 4.39 Å². The number of nitrogens with one attached hydrogen (secondary N) is 2. The number of anilines is 1. The van der Waals surface area contributed by atoms with Gasteiger partial charge in [0.05, 0.1) is 0 Å². The molecule has 2 aromatic carbocycles. The van der Waals surface area contributed by atoms with Gasteiger partial charge >= 0.3 is 0 Å².